The lowest BCUT2D eigenvalue weighted by molar-refractivity contribution is -0.139. The van der Waals surface area contributed by atoms with E-state index in [1.54, 1.807) is 12.1 Å². The Morgan fingerprint density at radius 3 is 2.63 bits per heavy atom. The molecule has 0 radical (unpaired) electrons. The fourth-order valence-corrected chi connectivity index (χ4v) is 3.79. The number of halogens is 1. The number of methoxy groups -OCH3 is 1. The molecule has 0 aromatic heterocycles. The molecule has 0 aliphatic carbocycles. The monoisotopic (exact) mass is 377 g/mol. The van der Waals surface area contributed by atoms with E-state index >= 15 is 0 Å². The second-order valence-corrected chi connectivity index (χ2v) is 7.23. The van der Waals surface area contributed by atoms with Crippen LogP contribution in [-0.4, -0.2) is 60.9 Å². The van der Waals surface area contributed by atoms with Crippen molar-refractivity contribution in [3.8, 4) is 5.75 Å². The first-order chi connectivity index (χ1) is 13.1. The van der Waals surface area contributed by atoms with Crippen LogP contribution in [0.5, 0.6) is 5.75 Å². The molecule has 6 nitrogen and oxygen atoms in total. The number of carbonyl (C=O) groups is 2. The summed E-state index contributed by atoms with van der Waals surface area (Å²) in [6, 6.07) is 4.17. The highest BCUT2D eigenvalue weighted by Gasteiger charge is 2.33. The number of likely N-dealkylation sites (tertiary alicyclic amines) is 1. The van der Waals surface area contributed by atoms with Gasteiger partial charge in [0.2, 0.25) is 11.8 Å². The van der Waals surface area contributed by atoms with Gasteiger partial charge in [0.25, 0.3) is 0 Å². The Labute approximate surface area is 159 Å². The first kappa shape index (κ1) is 19.6. The van der Waals surface area contributed by atoms with E-state index in [0.29, 0.717) is 30.9 Å². The third-order valence-electron chi connectivity index (χ3n) is 5.40. The number of hydrogen-bond acceptors (Lipinski definition) is 4. The van der Waals surface area contributed by atoms with Gasteiger partial charge in [0, 0.05) is 44.4 Å². The van der Waals surface area contributed by atoms with Gasteiger partial charge in [0.05, 0.1) is 19.6 Å². The van der Waals surface area contributed by atoms with Gasteiger partial charge in [-0.1, -0.05) is 18.9 Å². The third kappa shape index (κ3) is 4.97. The number of piperazine rings is 1. The number of nitrogens with one attached hydrogen (secondary N) is 1. The Morgan fingerprint density at radius 1 is 1.22 bits per heavy atom. The largest absolute Gasteiger partial charge is 0.497 e. The highest BCUT2D eigenvalue weighted by Crippen LogP contribution is 2.21. The molecule has 3 rings (SSSR count). The molecule has 1 unspecified atom stereocenters. The van der Waals surface area contributed by atoms with E-state index in [0.717, 1.165) is 38.8 Å². The Kier molecular flexibility index (Phi) is 6.66. The smallest absolute Gasteiger partial charge is 0.237 e. The van der Waals surface area contributed by atoms with Crippen LogP contribution in [-0.2, 0) is 16.1 Å². The lowest BCUT2D eigenvalue weighted by Gasteiger charge is -2.35. The van der Waals surface area contributed by atoms with Gasteiger partial charge in [-0.25, -0.2) is 4.39 Å². The Hall–Kier alpha value is -2.15. The minimum atomic E-state index is -0.559. The van der Waals surface area contributed by atoms with E-state index in [-0.39, 0.29) is 24.1 Å². The minimum Gasteiger partial charge on any atom is -0.497 e. The van der Waals surface area contributed by atoms with Gasteiger partial charge in [-0.2, -0.15) is 0 Å². The number of benzene rings is 1. The standard InChI is InChI=1S/C20H28FN3O3/c1-27-16-7-6-15(17(21)12-16)14-24-11-8-22-20(26)18(24)13-19(25)23-9-4-2-3-5-10-23/h6-7,12,18H,2-5,8-11,13-14H2,1H3,(H,22,26). The van der Waals surface area contributed by atoms with Crippen molar-refractivity contribution >= 4 is 11.8 Å². The van der Waals surface area contributed by atoms with Crippen molar-refractivity contribution in [1.29, 1.82) is 0 Å². The van der Waals surface area contributed by atoms with E-state index in [1.165, 1.54) is 13.2 Å². The first-order valence-electron chi connectivity index (χ1n) is 9.70. The molecule has 2 saturated heterocycles. The van der Waals surface area contributed by atoms with Crippen LogP contribution in [0.2, 0.25) is 0 Å². The van der Waals surface area contributed by atoms with Gasteiger partial charge in [0.15, 0.2) is 0 Å². The van der Waals surface area contributed by atoms with Crippen LogP contribution < -0.4 is 10.1 Å². The van der Waals surface area contributed by atoms with Crippen molar-refractivity contribution < 1.29 is 18.7 Å². The van der Waals surface area contributed by atoms with Gasteiger partial charge in [-0.3, -0.25) is 14.5 Å². The molecule has 7 heteroatoms. The molecule has 2 heterocycles. The van der Waals surface area contributed by atoms with Gasteiger partial charge in [-0.15, -0.1) is 0 Å². The number of carbonyl (C=O) groups excluding carboxylic acids is 2. The summed E-state index contributed by atoms with van der Waals surface area (Å²) in [4.78, 5) is 28.9. The predicted molar refractivity (Wildman–Crippen MR) is 99.8 cm³/mol. The number of nitrogens with zero attached hydrogens (tertiary/aromatic N) is 2. The van der Waals surface area contributed by atoms with Crippen LogP contribution in [0, 0.1) is 5.82 Å². The molecule has 0 spiro atoms. The molecule has 2 amide bonds. The lowest BCUT2D eigenvalue weighted by atomic mass is 10.1. The third-order valence-corrected chi connectivity index (χ3v) is 5.40. The molecule has 1 aromatic rings. The fraction of sp³-hybridized carbons (Fsp3) is 0.600. The van der Waals surface area contributed by atoms with Crippen LogP contribution in [0.3, 0.4) is 0 Å². The average Bonchev–Trinajstić information content (AvgIpc) is 2.95. The van der Waals surface area contributed by atoms with E-state index in [4.69, 9.17) is 4.74 Å². The summed E-state index contributed by atoms with van der Waals surface area (Å²) in [7, 11) is 1.49. The zero-order chi connectivity index (χ0) is 19.2. The summed E-state index contributed by atoms with van der Waals surface area (Å²) in [5.74, 6) is -0.0454. The number of ether oxygens (including phenoxy) is 1. The van der Waals surface area contributed by atoms with Crippen LogP contribution in [0.25, 0.3) is 0 Å². The number of hydrogen-bond donors (Lipinski definition) is 1. The summed E-state index contributed by atoms with van der Waals surface area (Å²) in [5, 5.41) is 2.84. The van der Waals surface area contributed by atoms with Crippen molar-refractivity contribution in [3.63, 3.8) is 0 Å². The maximum Gasteiger partial charge on any atom is 0.237 e. The van der Waals surface area contributed by atoms with E-state index in [2.05, 4.69) is 5.32 Å². The first-order valence-corrected chi connectivity index (χ1v) is 9.70. The summed E-state index contributed by atoms with van der Waals surface area (Å²) in [5.41, 5.74) is 0.498. The molecule has 2 fully saturated rings. The van der Waals surface area contributed by atoms with Crippen LogP contribution in [0.1, 0.15) is 37.7 Å². The average molecular weight is 377 g/mol. The molecular formula is C20H28FN3O3. The van der Waals surface area contributed by atoms with E-state index in [9.17, 15) is 14.0 Å². The maximum absolute atomic E-state index is 14.3. The maximum atomic E-state index is 14.3. The SMILES string of the molecule is COc1ccc(CN2CCNC(=O)C2CC(=O)N2CCCCCC2)c(F)c1. The van der Waals surface area contributed by atoms with Gasteiger partial charge >= 0.3 is 0 Å². The molecule has 2 aliphatic heterocycles. The second kappa shape index (κ2) is 9.17. The van der Waals surface area contributed by atoms with Gasteiger partial charge < -0.3 is 15.0 Å². The molecule has 0 bridgehead atoms. The second-order valence-electron chi connectivity index (χ2n) is 7.23. The topological polar surface area (TPSA) is 61.9 Å². The predicted octanol–water partition coefficient (Wildman–Crippen LogP) is 1.93. The molecular weight excluding hydrogens is 349 g/mol. The summed E-state index contributed by atoms with van der Waals surface area (Å²) < 4.78 is 19.4. The highest BCUT2D eigenvalue weighted by atomic mass is 19.1. The summed E-state index contributed by atoms with van der Waals surface area (Å²) in [6.07, 6.45) is 4.48. The van der Waals surface area contributed by atoms with Crippen molar-refractivity contribution in [1.82, 2.24) is 15.1 Å². The van der Waals surface area contributed by atoms with Crippen molar-refractivity contribution in [2.45, 2.75) is 44.7 Å². The fourth-order valence-electron chi connectivity index (χ4n) is 3.79. The Bertz CT molecular complexity index is 674. The summed E-state index contributed by atoms with van der Waals surface area (Å²) in [6.45, 7) is 2.92. The summed E-state index contributed by atoms with van der Waals surface area (Å²) >= 11 is 0. The van der Waals surface area contributed by atoms with Crippen molar-refractivity contribution in [2.24, 2.45) is 0 Å². The Balaban J connectivity index is 1.69. The van der Waals surface area contributed by atoms with Crippen LogP contribution in [0.15, 0.2) is 18.2 Å². The number of amides is 2. The van der Waals surface area contributed by atoms with Crippen LogP contribution >= 0.6 is 0 Å². The van der Waals surface area contributed by atoms with E-state index in [1.807, 2.05) is 9.80 Å². The molecule has 148 valence electrons. The minimum absolute atomic E-state index is 0.0131. The molecule has 27 heavy (non-hydrogen) atoms. The molecule has 1 aromatic carbocycles. The van der Waals surface area contributed by atoms with Gasteiger partial charge in [-0.05, 0) is 18.9 Å². The molecule has 1 N–H and O–H groups in total. The zero-order valence-corrected chi connectivity index (χ0v) is 15.9. The van der Waals surface area contributed by atoms with Crippen LogP contribution in [0.4, 0.5) is 4.39 Å². The lowest BCUT2D eigenvalue weighted by Crippen LogP contribution is -2.56. The number of rotatable bonds is 5. The Morgan fingerprint density at radius 2 is 1.96 bits per heavy atom. The van der Waals surface area contributed by atoms with Crippen molar-refractivity contribution in [2.75, 3.05) is 33.3 Å². The molecule has 0 saturated carbocycles. The van der Waals surface area contributed by atoms with E-state index < -0.39 is 6.04 Å². The molecule has 1 atom stereocenters. The van der Waals surface area contributed by atoms with Gasteiger partial charge in [0.1, 0.15) is 11.6 Å². The quantitative estimate of drug-likeness (QED) is 0.852. The normalized spacial score (nSPS) is 21.5. The zero-order valence-electron chi connectivity index (χ0n) is 15.9. The highest BCUT2D eigenvalue weighted by molar-refractivity contribution is 5.88. The van der Waals surface area contributed by atoms with Crippen molar-refractivity contribution in [3.05, 3.63) is 29.6 Å². The molecule has 2 aliphatic rings.